The lowest BCUT2D eigenvalue weighted by molar-refractivity contribution is -0.105. The van der Waals surface area contributed by atoms with Gasteiger partial charge < -0.3 is 20.7 Å². The number of aromatic nitrogens is 4. The van der Waals surface area contributed by atoms with E-state index in [0.717, 1.165) is 0 Å². The van der Waals surface area contributed by atoms with E-state index in [1.54, 1.807) is 0 Å². The van der Waals surface area contributed by atoms with Gasteiger partial charge in [0.2, 0.25) is 0 Å². The molecule has 0 unspecified atom stereocenters. The molecule has 0 amide bonds. The highest BCUT2D eigenvalue weighted by molar-refractivity contribution is 7.99. The molecule has 0 aliphatic carbocycles. The fraction of sp³-hybridized carbons (Fsp3) is 0.583. The van der Waals surface area contributed by atoms with Gasteiger partial charge in [0.1, 0.15) is 24.1 Å². The number of nitrogen functional groups attached to an aromatic ring is 1. The zero-order valence-corrected chi connectivity index (χ0v) is 12.9. The lowest BCUT2D eigenvalue weighted by Gasteiger charge is -2.16. The van der Waals surface area contributed by atoms with Gasteiger partial charge in [-0.05, 0) is 0 Å². The molecule has 3 heterocycles. The Hall–Kier alpha value is -1.63. The SMILES string of the molecule is Nc1ncnc2c1ncn2[C@@H]1O[C@H](CSCC(F)(F)F)[C@@H](O)[C@H]1O. The number of halogens is 3. The van der Waals surface area contributed by atoms with Crippen LogP contribution in [-0.2, 0) is 4.74 Å². The summed E-state index contributed by atoms with van der Waals surface area (Å²) >= 11 is 0.577. The summed E-state index contributed by atoms with van der Waals surface area (Å²) in [6, 6.07) is 0. The zero-order valence-electron chi connectivity index (χ0n) is 12.1. The van der Waals surface area contributed by atoms with E-state index in [1.807, 2.05) is 0 Å². The van der Waals surface area contributed by atoms with E-state index in [9.17, 15) is 23.4 Å². The summed E-state index contributed by atoms with van der Waals surface area (Å²) in [4.78, 5) is 11.8. The van der Waals surface area contributed by atoms with Crippen molar-refractivity contribution < 1.29 is 28.1 Å². The topological polar surface area (TPSA) is 119 Å². The molecule has 1 aliphatic heterocycles. The Kier molecular flexibility index (Phi) is 4.55. The summed E-state index contributed by atoms with van der Waals surface area (Å²) in [6.07, 6.45) is -6.42. The summed E-state index contributed by atoms with van der Waals surface area (Å²) in [7, 11) is 0. The Bertz CT molecular complexity index is 728. The number of nitrogens with zero attached hydrogens (tertiary/aromatic N) is 4. The molecule has 0 radical (unpaired) electrons. The van der Waals surface area contributed by atoms with E-state index < -0.39 is 36.5 Å². The van der Waals surface area contributed by atoms with Gasteiger partial charge in [-0.3, -0.25) is 4.57 Å². The number of anilines is 1. The van der Waals surface area contributed by atoms with Gasteiger partial charge in [0, 0.05) is 5.75 Å². The van der Waals surface area contributed by atoms with Gasteiger partial charge in [-0.1, -0.05) is 0 Å². The van der Waals surface area contributed by atoms with Crippen molar-refractivity contribution >= 4 is 28.7 Å². The number of thioether (sulfide) groups is 1. The number of imidazole rings is 1. The fourth-order valence-corrected chi connectivity index (χ4v) is 3.30. The number of aliphatic hydroxyl groups excluding tert-OH is 2. The van der Waals surface area contributed by atoms with Gasteiger partial charge in [-0.15, -0.1) is 11.8 Å². The summed E-state index contributed by atoms with van der Waals surface area (Å²) < 4.78 is 43.5. The second-order valence-electron chi connectivity index (χ2n) is 5.26. The van der Waals surface area contributed by atoms with Gasteiger partial charge >= 0.3 is 6.18 Å². The second-order valence-corrected chi connectivity index (χ2v) is 6.29. The molecular formula is C12H14F3N5O3S. The maximum absolute atomic E-state index is 12.2. The van der Waals surface area contributed by atoms with E-state index in [1.165, 1.54) is 17.2 Å². The van der Waals surface area contributed by atoms with Crippen LogP contribution in [0.4, 0.5) is 19.0 Å². The third kappa shape index (κ3) is 3.27. The Labute approximate surface area is 137 Å². The van der Waals surface area contributed by atoms with Crippen molar-refractivity contribution in [1.29, 1.82) is 0 Å². The second kappa shape index (κ2) is 6.35. The molecule has 0 bridgehead atoms. The van der Waals surface area contributed by atoms with Crippen molar-refractivity contribution in [2.75, 3.05) is 17.2 Å². The molecule has 8 nitrogen and oxygen atoms in total. The van der Waals surface area contributed by atoms with Crippen LogP contribution >= 0.6 is 11.8 Å². The first kappa shape index (κ1) is 17.2. The molecule has 3 rings (SSSR count). The Morgan fingerprint density at radius 2 is 2.00 bits per heavy atom. The lowest BCUT2D eigenvalue weighted by Crippen LogP contribution is -2.33. The van der Waals surface area contributed by atoms with Crippen molar-refractivity contribution in [3.63, 3.8) is 0 Å². The standard InChI is InChI=1S/C12H14F3N5O3S/c13-12(14,15)2-24-1-5-7(21)8(22)11(23-5)20-4-19-6-9(16)17-3-18-10(6)20/h3-5,7-8,11,21-22H,1-2H2,(H2,16,17,18)/t5-,7-,8-,11-/m1/s1. The average Bonchev–Trinajstić information content (AvgIpc) is 3.03. The van der Waals surface area contributed by atoms with Crippen molar-refractivity contribution in [2.24, 2.45) is 0 Å². The first-order valence-corrected chi connectivity index (χ1v) is 8.02. The molecule has 2 aromatic heterocycles. The van der Waals surface area contributed by atoms with Gasteiger partial charge in [0.05, 0.1) is 18.2 Å². The van der Waals surface area contributed by atoms with Crippen LogP contribution in [0.1, 0.15) is 6.23 Å². The maximum atomic E-state index is 12.2. The average molecular weight is 365 g/mol. The van der Waals surface area contributed by atoms with E-state index in [-0.39, 0.29) is 11.6 Å². The molecule has 4 N–H and O–H groups in total. The molecule has 24 heavy (non-hydrogen) atoms. The first-order valence-electron chi connectivity index (χ1n) is 6.87. The third-order valence-corrected chi connectivity index (χ3v) is 4.64. The van der Waals surface area contributed by atoms with Crippen LogP contribution in [0.3, 0.4) is 0 Å². The summed E-state index contributed by atoms with van der Waals surface area (Å²) in [5.41, 5.74) is 6.27. The highest BCUT2D eigenvalue weighted by Gasteiger charge is 2.44. The molecule has 1 aliphatic rings. The van der Waals surface area contributed by atoms with Gasteiger partial charge in [0.15, 0.2) is 17.7 Å². The number of hydrogen-bond donors (Lipinski definition) is 3. The Balaban J connectivity index is 1.76. The molecule has 1 fully saturated rings. The number of rotatable bonds is 4. The van der Waals surface area contributed by atoms with Crippen LogP contribution in [-0.4, -0.2) is 65.7 Å². The van der Waals surface area contributed by atoms with Crippen molar-refractivity contribution in [1.82, 2.24) is 19.5 Å². The predicted octanol–water partition coefficient (Wildman–Crippen LogP) is 0.323. The number of fused-ring (bicyclic) bond motifs is 1. The van der Waals surface area contributed by atoms with Crippen molar-refractivity contribution in [2.45, 2.75) is 30.7 Å². The Morgan fingerprint density at radius 3 is 2.71 bits per heavy atom. The van der Waals surface area contributed by atoms with Crippen molar-refractivity contribution in [3.8, 4) is 0 Å². The predicted molar refractivity (Wildman–Crippen MR) is 79.0 cm³/mol. The maximum Gasteiger partial charge on any atom is 0.397 e. The van der Waals surface area contributed by atoms with Gasteiger partial charge in [-0.2, -0.15) is 13.2 Å². The minimum Gasteiger partial charge on any atom is -0.387 e. The highest BCUT2D eigenvalue weighted by atomic mass is 32.2. The zero-order chi connectivity index (χ0) is 17.5. The minimum atomic E-state index is -4.30. The van der Waals surface area contributed by atoms with E-state index in [0.29, 0.717) is 22.9 Å². The Morgan fingerprint density at radius 1 is 1.25 bits per heavy atom. The molecule has 0 saturated carbocycles. The van der Waals surface area contributed by atoms with Crippen LogP contribution in [0, 0.1) is 0 Å². The molecule has 1 saturated heterocycles. The highest BCUT2D eigenvalue weighted by Crippen LogP contribution is 2.34. The van der Waals surface area contributed by atoms with Crippen LogP contribution in [0.2, 0.25) is 0 Å². The normalized spacial score (nSPS) is 27.9. The van der Waals surface area contributed by atoms with Crippen LogP contribution in [0.25, 0.3) is 11.2 Å². The number of ether oxygens (including phenoxy) is 1. The van der Waals surface area contributed by atoms with E-state index >= 15 is 0 Å². The summed E-state index contributed by atoms with van der Waals surface area (Å²) in [6.45, 7) is 0. The number of hydrogen-bond acceptors (Lipinski definition) is 8. The molecule has 4 atom stereocenters. The lowest BCUT2D eigenvalue weighted by atomic mass is 10.1. The summed E-state index contributed by atoms with van der Waals surface area (Å²) in [5.74, 6) is -1.03. The van der Waals surface area contributed by atoms with E-state index in [2.05, 4.69) is 15.0 Å². The number of alkyl halides is 3. The van der Waals surface area contributed by atoms with Crippen LogP contribution in [0.15, 0.2) is 12.7 Å². The smallest absolute Gasteiger partial charge is 0.387 e. The third-order valence-electron chi connectivity index (χ3n) is 3.55. The molecule has 12 heteroatoms. The molecule has 0 spiro atoms. The molecule has 0 aromatic carbocycles. The fourth-order valence-electron chi connectivity index (χ4n) is 2.44. The molecule has 2 aromatic rings. The minimum absolute atomic E-state index is 0.113. The first-order chi connectivity index (χ1) is 11.3. The van der Waals surface area contributed by atoms with Crippen LogP contribution < -0.4 is 5.73 Å². The van der Waals surface area contributed by atoms with Gasteiger partial charge in [0.25, 0.3) is 0 Å². The number of nitrogens with two attached hydrogens (primary N) is 1. The van der Waals surface area contributed by atoms with Crippen LogP contribution in [0.5, 0.6) is 0 Å². The number of aliphatic hydroxyl groups is 2. The molecule has 132 valence electrons. The molecular weight excluding hydrogens is 351 g/mol. The van der Waals surface area contributed by atoms with E-state index in [4.69, 9.17) is 10.5 Å². The summed E-state index contributed by atoms with van der Waals surface area (Å²) in [5, 5.41) is 20.2. The largest absolute Gasteiger partial charge is 0.397 e. The quantitative estimate of drug-likeness (QED) is 0.709. The van der Waals surface area contributed by atoms with Crippen molar-refractivity contribution in [3.05, 3.63) is 12.7 Å². The monoisotopic (exact) mass is 365 g/mol. The van der Waals surface area contributed by atoms with Gasteiger partial charge in [-0.25, -0.2) is 15.0 Å².